The van der Waals surface area contributed by atoms with E-state index in [0.29, 0.717) is 5.95 Å². The number of aryl methyl sites for hydroxylation is 2. The second-order valence-electron chi connectivity index (χ2n) is 8.15. The Morgan fingerprint density at radius 1 is 1.19 bits per heavy atom. The van der Waals surface area contributed by atoms with Gasteiger partial charge in [0.15, 0.2) is 0 Å². The molecule has 2 N–H and O–H groups in total. The van der Waals surface area contributed by atoms with Crippen molar-refractivity contribution >= 4 is 34.4 Å². The zero-order chi connectivity index (χ0) is 21.9. The molecule has 0 atom stereocenters. The molecule has 9 heteroatoms. The van der Waals surface area contributed by atoms with E-state index in [0.717, 1.165) is 65.2 Å². The molecule has 3 heterocycles. The lowest BCUT2D eigenvalue weighted by molar-refractivity contribution is 0.515. The predicted octanol–water partition coefficient (Wildman–Crippen LogP) is 4.41. The summed E-state index contributed by atoms with van der Waals surface area (Å²) in [5.41, 5.74) is 3.83. The molecule has 0 radical (unpaired) electrons. The van der Waals surface area contributed by atoms with Crippen LogP contribution in [0.2, 0.25) is 0 Å². The van der Waals surface area contributed by atoms with Gasteiger partial charge in [-0.3, -0.25) is 14.5 Å². The largest absolute Gasteiger partial charge is 0.324 e. The van der Waals surface area contributed by atoms with E-state index >= 15 is 0 Å². The average molecular weight is 448 g/mol. The third-order valence-electron chi connectivity index (χ3n) is 5.94. The van der Waals surface area contributed by atoms with Gasteiger partial charge in [0.05, 0.1) is 6.20 Å². The summed E-state index contributed by atoms with van der Waals surface area (Å²) in [6.07, 6.45) is 8.88. The van der Waals surface area contributed by atoms with Gasteiger partial charge in [0.2, 0.25) is 5.95 Å². The molecular weight excluding hydrogens is 422 g/mol. The van der Waals surface area contributed by atoms with E-state index in [4.69, 9.17) is 4.98 Å². The van der Waals surface area contributed by atoms with Crippen molar-refractivity contribution in [2.24, 2.45) is 0 Å². The molecule has 0 saturated heterocycles. The molecule has 1 aliphatic rings. The number of pyridine rings is 1. The quantitative estimate of drug-likeness (QED) is 0.405. The summed E-state index contributed by atoms with van der Waals surface area (Å²) in [5.74, 6) is 1.45. The summed E-state index contributed by atoms with van der Waals surface area (Å²) in [5, 5.41) is 15.6. The first-order chi connectivity index (χ1) is 15.7. The first-order valence-corrected chi connectivity index (χ1v) is 11.9. The lowest BCUT2D eigenvalue weighted by Crippen LogP contribution is -2.24. The molecule has 0 unspecified atom stereocenters. The van der Waals surface area contributed by atoms with Crippen LogP contribution in [0.1, 0.15) is 42.9 Å². The van der Waals surface area contributed by atoms with Gasteiger partial charge in [-0.2, -0.15) is 4.98 Å². The van der Waals surface area contributed by atoms with E-state index in [-0.39, 0.29) is 11.6 Å². The standard InChI is InChI=1S/C23H25N7OS/c1-15-12-21(31)30(18-4-2-3-5-18)22-19(15)13-24-23(27-22)26-17-8-6-16(7-9-17)10-11-32-20-14-25-29-28-20/h6-9,12-14,18H,2-5,10-11H2,1H3,(H,24,26,27)(H,25,28,29). The first kappa shape index (κ1) is 20.7. The topological polar surface area (TPSA) is 101 Å². The van der Waals surface area contributed by atoms with Crippen LogP contribution in [-0.2, 0) is 6.42 Å². The number of rotatable bonds is 7. The van der Waals surface area contributed by atoms with Gasteiger partial charge in [-0.15, -0.1) is 16.9 Å². The Labute approximate surface area is 189 Å². The summed E-state index contributed by atoms with van der Waals surface area (Å²) in [7, 11) is 0. The molecule has 0 amide bonds. The number of hydrogen-bond acceptors (Lipinski definition) is 7. The lowest BCUT2D eigenvalue weighted by atomic mass is 10.1. The number of H-pyrrole nitrogens is 1. The number of nitrogens with one attached hydrogen (secondary N) is 2. The number of nitrogens with zero attached hydrogens (tertiary/aromatic N) is 5. The molecular formula is C23H25N7OS. The predicted molar refractivity (Wildman–Crippen MR) is 127 cm³/mol. The van der Waals surface area contributed by atoms with Crippen molar-refractivity contribution in [1.82, 2.24) is 29.9 Å². The molecule has 4 aromatic rings. The van der Waals surface area contributed by atoms with Crippen LogP contribution in [0.5, 0.6) is 0 Å². The van der Waals surface area contributed by atoms with Crippen LogP contribution >= 0.6 is 11.8 Å². The summed E-state index contributed by atoms with van der Waals surface area (Å²) < 4.78 is 1.87. The zero-order valence-corrected chi connectivity index (χ0v) is 18.7. The smallest absolute Gasteiger partial charge is 0.252 e. The van der Waals surface area contributed by atoms with Crippen molar-refractivity contribution in [3.05, 3.63) is 64.2 Å². The highest BCUT2D eigenvalue weighted by Crippen LogP contribution is 2.31. The van der Waals surface area contributed by atoms with Crippen LogP contribution in [0.25, 0.3) is 11.0 Å². The van der Waals surface area contributed by atoms with Crippen molar-refractivity contribution in [2.45, 2.75) is 50.1 Å². The van der Waals surface area contributed by atoms with Gasteiger partial charge in [0.25, 0.3) is 5.56 Å². The Kier molecular flexibility index (Phi) is 5.89. The fourth-order valence-corrected chi connectivity index (χ4v) is 5.05. The molecule has 3 aromatic heterocycles. The maximum Gasteiger partial charge on any atom is 0.252 e. The normalized spacial score (nSPS) is 14.3. The van der Waals surface area contributed by atoms with Crippen molar-refractivity contribution in [1.29, 1.82) is 0 Å². The van der Waals surface area contributed by atoms with Crippen LogP contribution in [0.3, 0.4) is 0 Å². The minimum Gasteiger partial charge on any atom is -0.324 e. The first-order valence-electron chi connectivity index (χ1n) is 10.9. The van der Waals surface area contributed by atoms with Crippen LogP contribution in [0.15, 0.2) is 52.5 Å². The van der Waals surface area contributed by atoms with E-state index in [1.165, 1.54) is 5.56 Å². The minimum atomic E-state index is 0.0275. The molecule has 0 spiro atoms. The van der Waals surface area contributed by atoms with Crippen LogP contribution < -0.4 is 10.9 Å². The van der Waals surface area contributed by atoms with E-state index in [2.05, 4.69) is 37.8 Å². The average Bonchev–Trinajstić information content (AvgIpc) is 3.50. The van der Waals surface area contributed by atoms with Crippen molar-refractivity contribution in [2.75, 3.05) is 11.1 Å². The molecule has 5 rings (SSSR count). The fraction of sp³-hybridized carbons (Fsp3) is 0.348. The third-order valence-corrected chi connectivity index (χ3v) is 6.86. The SMILES string of the molecule is Cc1cc(=O)n(C2CCCC2)c2nc(Nc3ccc(CCSc4cnn[nH]4)cc3)ncc12. The van der Waals surface area contributed by atoms with Gasteiger partial charge in [0, 0.05) is 35.1 Å². The number of aromatic nitrogens is 6. The summed E-state index contributed by atoms with van der Waals surface area (Å²) in [6.45, 7) is 1.94. The van der Waals surface area contributed by atoms with Crippen molar-refractivity contribution in [3.63, 3.8) is 0 Å². The second kappa shape index (κ2) is 9.12. The monoisotopic (exact) mass is 447 g/mol. The minimum absolute atomic E-state index is 0.0275. The summed E-state index contributed by atoms with van der Waals surface area (Å²) >= 11 is 1.70. The Balaban J connectivity index is 1.33. The van der Waals surface area contributed by atoms with Gasteiger partial charge >= 0.3 is 0 Å². The van der Waals surface area contributed by atoms with Gasteiger partial charge < -0.3 is 5.32 Å². The van der Waals surface area contributed by atoms with E-state index < -0.39 is 0 Å². The molecule has 164 valence electrons. The van der Waals surface area contributed by atoms with Gasteiger partial charge in [-0.25, -0.2) is 4.98 Å². The molecule has 1 aromatic carbocycles. The second-order valence-corrected chi connectivity index (χ2v) is 9.28. The molecule has 32 heavy (non-hydrogen) atoms. The molecule has 1 saturated carbocycles. The molecule has 0 aliphatic heterocycles. The number of hydrogen-bond donors (Lipinski definition) is 2. The van der Waals surface area contributed by atoms with Gasteiger partial charge in [0.1, 0.15) is 10.7 Å². The molecule has 8 nitrogen and oxygen atoms in total. The maximum absolute atomic E-state index is 12.8. The number of fused-ring (bicyclic) bond motifs is 1. The summed E-state index contributed by atoms with van der Waals surface area (Å²) in [6, 6.07) is 10.2. The lowest BCUT2D eigenvalue weighted by Gasteiger charge is -2.17. The molecule has 1 fully saturated rings. The van der Waals surface area contributed by atoms with Crippen LogP contribution in [0, 0.1) is 6.92 Å². The van der Waals surface area contributed by atoms with E-state index in [1.54, 1.807) is 24.0 Å². The number of benzene rings is 1. The Bertz CT molecular complexity index is 1260. The van der Waals surface area contributed by atoms with Crippen molar-refractivity contribution in [3.8, 4) is 0 Å². The third kappa shape index (κ3) is 4.38. The maximum atomic E-state index is 12.8. The summed E-state index contributed by atoms with van der Waals surface area (Å²) in [4.78, 5) is 22.0. The Morgan fingerprint density at radius 3 is 2.75 bits per heavy atom. The highest BCUT2D eigenvalue weighted by atomic mass is 32.2. The van der Waals surface area contributed by atoms with E-state index in [9.17, 15) is 4.79 Å². The Morgan fingerprint density at radius 2 is 2.00 bits per heavy atom. The Hall–Kier alpha value is -3.20. The van der Waals surface area contributed by atoms with Gasteiger partial charge in [-0.05, 0) is 49.4 Å². The fourth-order valence-electron chi connectivity index (χ4n) is 4.27. The van der Waals surface area contributed by atoms with Crippen LogP contribution in [-0.4, -0.2) is 35.7 Å². The van der Waals surface area contributed by atoms with Gasteiger partial charge in [-0.1, -0.05) is 30.2 Å². The zero-order valence-electron chi connectivity index (χ0n) is 17.9. The van der Waals surface area contributed by atoms with Crippen molar-refractivity contribution < 1.29 is 0 Å². The highest BCUT2D eigenvalue weighted by Gasteiger charge is 2.21. The number of thioether (sulfide) groups is 1. The van der Waals surface area contributed by atoms with Crippen LogP contribution in [0.4, 0.5) is 11.6 Å². The number of anilines is 2. The van der Waals surface area contributed by atoms with E-state index in [1.807, 2.05) is 29.8 Å². The molecule has 1 aliphatic carbocycles. The highest BCUT2D eigenvalue weighted by molar-refractivity contribution is 7.99. The number of aromatic amines is 1. The molecule has 0 bridgehead atoms.